The third kappa shape index (κ3) is 16.2. The lowest BCUT2D eigenvalue weighted by atomic mass is 9.65. The molecule has 8 aromatic carbocycles. The van der Waals surface area contributed by atoms with Crippen molar-refractivity contribution >= 4 is 95.4 Å². The summed E-state index contributed by atoms with van der Waals surface area (Å²) in [7, 11) is -29.6. The molecule has 1 unspecified atom stereocenters. The molecule has 18 nitrogen and oxygen atoms in total. The topological polar surface area (TPSA) is 304 Å². The number of hydrogen-bond donors (Lipinski definition) is 4. The van der Waals surface area contributed by atoms with Crippen LogP contribution < -0.4 is 9.47 Å². The van der Waals surface area contributed by atoms with E-state index in [1.807, 2.05) is 97.0 Å². The van der Waals surface area contributed by atoms with Crippen LogP contribution in [0.5, 0.6) is 17.2 Å². The largest absolute Gasteiger partial charge is 0.488 e. The smallest absolute Gasteiger partial charge is 0.298 e. The van der Waals surface area contributed by atoms with Gasteiger partial charge in [0.2, 0.25) is 19.7 Å². The molecule has 1 atom stereocenters. The van der Waals surface area contributed by atoms with E-state index in [0.717, 1.165) is 86.1 Å². The van der Waals surface area contributed by atoms with E-state index in [9.17, 15) is 68.7 Å². The molecule has 0 saturated heterocycles. The normalized spacial score (nSPS) is 13.7. The molecule has 0 spiro atoms. The van der Waals surface area contributed by atoms with E-state index in [1.54, 1.807) is 69.3 Å². The number of benzene rings is 8. The van der Waals surface area contributed by atoms with Gasteiger partial charge >= 0.3 is 0 Å². The Morgan fingerprint density at radius 2 is 0.755 bits per heavy atom. The highest BCUT2D eigenvalue weighted by Gasteiger charge is 2.49. The van der Waals surface area contributed by atoms with E-state index < -0.39 is 121 Å². The van der Waals surface area contributed by atoms with Gasteiger partial charge < -0.3 is 9.47 Å². The van der Waals surface area contributed by atoms with E-state index in [4.69, 9.17) is 9.47 Å². The van der Waals surface area contributed by atoms with Gasteiger partial charge in [0.1, 0.15) is 32.6 Å². The number of rotatable bonds is 27. The first-order chi connectivity index (χ1) is 43.6. The van der Waals surface area contributed by atoms with Crippen molar-refractivity contribution in [2.24, 2.45) is 0 Å². The summed E-state index contributed by atoms with van der Waals surface area (Å²) in [6, 6.07) is 41.3. The molecule has 94 heavy (non-hydrogen) atoms. The van der Waals surface area contributed by atoms with Crippen LogP contribution in [-0.2, 0) is 71.0 Å². The summed E-state index contributed by atoms with van der Waals surface area (Å²) in [4.78, 5) is -2.18. The molecule has 0 amide bonds. The van der Waals surface area contributed by atoms with Crippen LogP contribution in [0.15, 0.2) is 233 Å². The highest BCUT2D eigenvalue weighted by molar-refractivity contribution is 8.01. The molecular formula is C67H72O18S9. The molecule has 0 saturated carbocycles. The second-order valence-electron chi connectivity index (χ2n) is 23.7. The van der Waals surface area contributed by atoms with Crippen molar-refractivity contribution in [2.75, 3.05) is 0 Å². The average molecular weight is 1450 g/mol. The van der Waals surface area contributed by atoms with E-state index >= 15 is 0 Å². The highest BCUT2D eigenvalue weighted by Crippen LogP contribution is 2.55. The van der Waals surface area contributed by atoms with Gasteiger partial charge in [-0.25, -0.2) is 16.8 Å². The quantitative estimate of drug-likeness (QED) is 0.0275. The minimum atomic E-state index is -5.16. The van der Waals surface area contributed by atoms with E-state index in [-0.39, 0.29) is 27.4 Å². The van der Waals surface area contributed by atoms with Crippen molar-refractivity contribution < 1.29 is 78.2 Å². The summed E-state index contributed by atoms with van der Waals surface area (Å²) in [6.45, 7) is 18.9. The van der Waals surface area contributed by atoms with Gasteiger partial charge in [0.05, 0.1) is 29.4 Å². The second-order valence-corrected chi connectivity index (χ2v) is 37.0. The molecule has 0 aromatic heterocycles. The molecule has 4 N–H and O–H groups in total. The predicted octanol–water partition coefficient (Wildman–Crippen LogP) is 16.4. The Kier molecular flexibility index (Phi) is 21.8. The Morgan fingerprint density at radius 1 is 0.372 bits per heavy atom. The zero-order valence-corrected chi connectivity index (χ0v) is 60.2. The fourth-order valence-corrected chi connectivity index (χ4v) is 20.3. The Labute approximate surface area is 564 Å². The zero-order chi connectivity index (χ0) is 69.4. The summed E-state index contributed by atoms with van der Waals surface area (Å²) < 4.78 is 213. The Bertz CT molecular complexity index is 4860. The summed E-state index contributed by atoms with van der Waals surface area (Å²) in [5.41, 5.74) is -0.303. The summed E-state index contributed by atoms with van der Waals surface area (Å²) in [5.74, 6) is 0.505. The van der Waals surface area contributed by atoms with Crippen molar-refractivity contribution in [3.8, 4) is 28.4 Å². The first-order valence-corrected chi connectivity index (χ1v) is 40.6. The van der Waals surface area contributed by atoms with Crippen LogP contribution in [0.2, 0.25) is 0 Å². The van der Waals surface area contributed by atoms with Crippen molar-refractivity contribution in [3.05, 3.63) is 181 Å². The van der Waals surface area contributed by atoms with Crippen molar-refractivity contribution in [3.63, 3.8) is 0 Å². The van der Waals surface area contributed by atoms with Crippen LogP contribution in [-0.4, -0.2) is 79.1 Å². The van der Waals surface area contributed by atoms with E-state index in [2.05, 4.69) is 0 Å². The van der Waals surface area contributed by atoms with Gasteiger partial charge in [-0.2, -0.15) is 33.7 Å². The molecular weight excluding hydrogens is 1380 g/mol. The molecule has 8 rings (SSSR count). The predicted molar refractivity (Wildman–Crippen MR) is 364 cm³/mol. The molecule has 0 aliphatic carbocycles. The molecule has 0 aliphatic heterocycles. The Morgan fingerprint density at radius 3 is 1.19 bits per heavy atom. The van der Waals surface area contributed by atoms with Crippen LogP contribution in [0.4, 0.5) is 0 Å². The van der Waals surface area contributed by atoms with Crippen LogP contribution in [0, 0.1) is 0 Å². The maximum atomic E-state index is 14.5. The van der Waals surface area contributed by atoms with Crippen molar-refractivity contribution in [2.45, 2.75) is 186 Å². The average Bonchev–Trinajstić information content (AvgIpc) is 0.753. The number of ether oxygens (including phenoxy) is 2. The maximum Gasteiger partial charge on any atom is 0.298 e. The number of sulfone groups is 2. The third-order valence-electron chi connectivity index (χ3n) is 17.1. The maximum absolute atomic E-state index is 14.5. The van der Waals surface area contributed by atoms with Gasteiger partial charge in [-0.3, -0.25) is 18.2 Å². The van der Waals surface area contributed by atoms with Crippen molar-refractivity contribution in [1.29, 1.82) is 0 Å². The molecule has 502 valence electrons. The third-order valence-corrected chi connectivity index (χ3v) is 28.0. The summed E-state index contributed by atoms with van der Waals surface area (Å²) in [5, 5.41) is 0. The highest BCUT2D eigenvalue weighted by atomic mass is 32.2. The Hall–Kier alpha value is -6.05. The van der Waals surface area contributed by atoms with Crippen molar-refractivity contribution in [1.82, 2.24) is 0 Å². The first kappa shape index (κ1) is 73.8. The molecule has 0 fully saturated rings. The van der Waals surface area contributed by atoms with Crippen LogP contribution in [0.25, 0.3) is 11.1 Å². The molecule has 8 aromatic rings. The van der Waals surface area contributed by atoms with Crippen LogP contribution in [0.3, 0.4) is 0 Å². The van der Waals surface area contributed by atoms with Crippen LogP contribution >= 0.6 is 35.3 Å². The minimum Gasteiger partial charge on any atom is -0.488 e. The number of thioether (sulfide) groups is 1. The van der Waals surface area contributed by atoms with Gasteiger partial charge in [0.25, 0.3) is 40.5 Å². The monoisotopic (exact) mass is 1450 g/mol. The van der Waals surface area contributed by atoms with Gasteiger partial charge in [-0.15, -0.1) is 11.8 Å². The van der Waals surface area contributed by atoms with E-state index in [1.165, 1.54) is 53.9 Å². The lowest BCUT2D eigenvalue weighted by molar-refractivity contribution is 0.105. The number of hydrogen-bond acceptors (Lipinski definition) is 17. The lowest BCUT2D eigenvalue weighted by Crippen LogP contribution is -2.47. The minimum absolute atomic E-state index is 0.0203. The molecule has 0 bridgehead atoms. The van der Waals surface area contributed by atoms with E-state index in [0.29, 0.717) is 36.6 Å². The van der Waals surface area contributed by atoms with Gasteiger partial charge in [0, 0.05) is 34.6 Å². The molecule has 0 heterocycles. The second kappa shape index (κ2) is 27.8. The standard InChI is InChI=1S/C67H72O18S9/c1-11-64(6,7)56-36-32-52(40-60(56)91(72,73)74)90(70,71)55-35-39-59(63(43-55)94(81,82)83)87-50-24-16-44(17-25-50)45-18-26-51(27-19-45)88-66(10,13-3)67(14-4,15-5)57-37-33-53(41-61(57)92(75,76)77)89(68,69)54-34-38-58(62(42-54)93(78,79)80)84-46-20-28-48(29-21-46)86-49-30-22-47(23-31-49)85-65(8,9)12-2/h16-43H,11-15H2,1-10H3,(H,72,73,74)(H,75,76,77)(H,78,79,80)(H,81,82,83). The van der Waals surface area contributed by atoms with Gasteiger partial charge in [0.15, 0.2) is 0 Å². The lowest BCUT2D eigenvalue weighted by Gasteiger charge is -2.49. The summed E-state index contributed by atoms with van der Waals surface area (Å²) in [6.07, 6.45) is 2.37. The molecule has 0 aliphatic rings. The first-order valence-electron chi connectivity index (χ1n) is 29.4. The van der Waals surface area contributed by atoms with Gasteiger partial charge in [-0.1, -0.05) is 108 Å². The molecule has 27 heteroatoms. The summed E-state index contributed by atoms with van der Waals surface area (Å²) >= 11 is 3.84. The SMILES string of the molecule is CCC(C)(C)Oc1ccc(Sc2ccc(Oc3ccc(S(=O)(=O)c4ccc(C(CC)(CC)C(C)(CC)Sc5ccc(-c6ccc(Sc7ccc(S(=O)(=O)c8ccc(C(C)(C)CC)c(S(=O)(=O)O)c8)cc7S(=O)(=O)O)cc6)cc5)c(S(=O)(=O)O)c4)cc3S(=O)(=O)O)cc2)cc1. The van der Waals surface area contributed by atoms with Crippen LogP contribution in [0.1, 0.15) is 112 Å². The van der Waals surface area contributed by atoms with Gasteiger partial charge in [-0.05, 0) is 214 Å². The fraction of sp³-hybridized carbons (Fsp3) is 0.284. The zero-order valence-electron chi connectivity index (χ0n) is 52.9. The fourth-order valence-electron chi connectivity index (χ4n) is 10.9. The molecule has 0 radical (unpaired) electrons. The Balaban J connectivity index is 1.00.